The van der Waals surface area contributed by atoms with E-state index in [1.807, 2.05) is 0 Å². The molecule has 0 amide bonds. The maximum absolute atomic E-state index is 11.7. The Bertz CT molecular complexity index is 508. The van der Waals surface area contributed by atoms with Gasteiger partial charge in [0.25, 0.3) is 5.56 Å². The van der Waals surface area contributed by atoms with Crippen LogP contribution in [0.15, 0.2) is 9.59 Å². The first kappa shape index (κ1) is 15.3. The lowest BCUT2D eigenvalue weighted by atomic mass is 10.4. The zero-order chi connectivity index (χ0) is 14.3. The van der Waals surface area contributed by atoms with E-state index in [2.05, 4.69) is 10.3 Å². The Balaban J connectivity index is 2.90. The van der Waals surface area contributed by atoms with E-state index < -0.39 is 11.2 Å². The number of nitrogen functional groups attached to an aromatic ring is 1. The molecule has 0 spiro atoms. The third kappa shape index (κ3) is 4.11. The highest BCUT2D eigenvalue weighted by Gasteiger charge is 2.11. The average molecular weight is 272 g/mol. The van der Waals surface area contributed by atoms with Crippen LogP contribution in [-0.4, -0.2) is 43.5 Å². The molecule has 0 saturated carbocycles. The molecule has 0 aliphatic heterocycles. The van der Waals surface area contributed by atoms with Crippen molar-refractivity contribution >= 4 is 11.5 Å². The van der Waals surface area contributed by atoms with E-state index in [1.54, 1.807) is 7.11 Å². The monoisotopic (exact) mass is 272 g/mol. The molecule has 19 heavy (non-hydrogen) atoms. The van der Waals surface area contributed by atoms with Gasteiger partial charge in [0.15, 0.2) is 0 Å². The summed E-state index contributed by atoms with van der Waals surface area (Å²) in [5.74, 6) is 0.114. The predicted octanol–water partition coefficient (Wildman–Crippen LogP) is -0.786. The zero-order valence-corrected chi connectivity index (χ0v) is 11.2. The first-order chi connectivity index (χ1) is 9.11. The van der Waals surface area contributed by atoms with Gasteiger partial charge < -0.3 is 20.5 Å². The number of nitrogens with two attached hydrogens (primary N) is 1. The number of methoxy groups -OCH3 is 2. The molecular formula is C11H20N4O4. The molecule has 4 N–H and O–H groups in total. The minimum absolute atomic E-state index is 0.114. The molecule has 1 aromatic rings. The molecule has 1 rings (SSSR count). The Morgan fingerprint density at radius 3 is 2.58 bits per heavy atom. The highest BCUT2D eigenvalue weighted by Crippen LogP contribution is 2.09. The molecule has 8 nitrogen and oxygen atoms in total. The van der Waals surface area contributed by atoms with E-state index in [0.717, 1.165) is 6.42 Å². The van der Waals surface area contributed by atoms with E-state index in [0.29, 0.717) is 19.8 Å². The number of anilines is 2. The second-order valence-corrected chi connectivity index (χ2v) is 3.94. The fraction of sp³-hybridized carbons (Fsp3) is 0.636. The van der Waals surface area contributed by atoms with E-state index in [9.17, 15) is 9.59 Å². The normalized spacial score (nSPS) is 10.6. The lowest BCUT2D eigenvalue weighted by Crippen LogP contribution is -2.35. The van der Waals surface area contributed by atoms with Crippen LogP contribution in [0, 0.1) is 0 Å². The molecule has 0 atom stereocenters. The first-order valence-electron chi connectivity index (χ1n) is 5.96. The van der Waals surface area contributed by atoms with Gasteiger partial charge in [-0.3, -0.25) is 14.3 Å². The van der Waals surface area contributed by atoms with Crippen LogP contribution in [0.3, 0.4) is 0 Å². The van der Waals surface area contributed by atoms with Crippen LogP contribution in [0.4, 0.5) is 11.5 Å². The molecular weight excluding hydrogens is 252 g/mol. The van der Waals surface area contributed by atoms with Crippen molar-refractivity contribution in [3.05, 3.63) is 20.8 Å². The number of H-pyrrole nitrogens is 1. The van der Waals surface area contributed by atoms with Gasteiger partial charge in [0.1, 0.15) is 11.5 Å². The van der Waals surface area contributed by atoms with Gasteiger partial charge in [0.2, 0.25) is 0 Å². The van der Waals surface area contributed by atoms with Crippen molar-refractivity contribution in [3.8, 4) is 0 Å². The average Bonchev–Trinajstić information content (AvgIpc) is 2.37. The molecule has 0 aliphatic carbocycles. The van der Waals surface area contributed by atoms with Crippen LogP contribution in [0.25, 0.3) is 0 Å². The molecule has 0 radical (unpaired) electrons. The van der Waals surface area contributed by atoms with Crippen molar-refractivity contribution in [2.24, 2.45) is 0 Å². The fourth-order valence-corrected chi connectivity index (χ4v) is 1.59. The summed E-state index contributed by atoms with van der Waals surface area (Å²) in [6.07, 6.45) is 0.729. The molecule has 1 heterocycles. The van der Waals surface area contributed by atoms with Crippen molar-refractivity contribution in [3.63, 3.8) is 0 Å². The van der Waals surface area contributed by atoms with Crippen molar-refractivity contribution in [1.29, 1.82) is 0 Å². The Morgan fingerprint density at radius 2 is 1.95 bits per heavy atom. The highest BCUT2D eigenvalue weighted by atomic mass is 16.5. The number of aromatic amines is 1. The number of nitrogens with zero attached hydrogens (tertiary/aromatic N) is 1. The lowest BCUT2D eigenvalue weighted by molar-refractivity contribution is 0.186. The summed E-state index contributed by atoms with van der Waals surface area (Å²) < 4.78 is 11.1. The van der Waals surface area contributed by atoms with Crippen molar-refractivity contribution in [1.82, 2.24) is 9.55 Å². The van der Waals surface area contributed by atoms with Gasteiger partial charge in [-0.25, -0.2) is 4.79 Å². The molecule has 0 bridgehead atoms. The molecule has 0 aromatic carbocycles. The van der Waals surface area contributed by atoms with Gasteiger partial charge >= 0.3 is 5.69 Å². The molecule has 0 fully saturated rings. The van der Waals surface area contributed by atoms with Gasteiger partial charge in [-0.1, -0.05) is 0 Å². The van der Waals surface area contributed by atoms with E-state index in [-0.39, 0.29) is 18.1 Å². The highest BCUT2D eigenvalue weighted by molar-refractivity contribution is 5.60. The number of hydrogen-bond acceptors (Lipinski definition) is 6. The van der Waals surface area contributed by atoms with Crippen molar-refractivity contribution in [2.45, 2.75) is 13.0 Å². The third-order valence-corrected chi connectivity index (χ3v) is 2.59. The van der Waals surface area contributed by atoms with Gasteiger partial charge in [-0.2, -0.15) is 0 Å². The summed E-state index contributed by atoms with van der Waals surface area (Å²) in [5.41, 5.74) is 4.98. The minimum Gasteiger partial charge on any atom is -0.385 e. The summed E-state index contributed by atoms with van der Waals surface area (Å²) in [6, 6.07) is 0. The van der Waals surface area contributed by atoms with Crippen LogP contribution in [0.2, 0.25) is 0 Å². The number of nitrogens with one attached hydrogen (secondary N) is 2. The molecule has 0 unspecified atom stereocenters. The third-order valence-electron chi connectivity index (χ3n) is 2.59. The van der Waals surface area contributed by atoms with Crippen molar-refractivity contribution in [2.75, 3.05) is 45.0 Å². The smallest absolute Gasteiger partial charge is 0.330 e. The molecule has 1 aromatic heterocycles. The standard InChI is InChI=1S/C11H20N4O4/c1-18-6-3-4-13-8-9(12)15(5-7-19-2)11(17)14-10(8)16/h13H,3-7,12H2,1-2H3,(H,14,16,17). The van der Waals surface area contributed by atoms with Crippen LogP contribution in [0.1, 0.15) is 6.42 Å². The SMILES string of the molecule is COCCCNc1c(N)n(CCOC)c(=O)[nH]c1=O. The van der Waals surface area contributed by atoms with E-state index >= 15 is 0 Å². The molecule has 108 valence electrons. The Kier molecular flexibility index (Phi) is 6.10. The second-order valence-electron chi connectivity index (χ2n) is 3.94. The van der Waals surface area contributed by atoms with Crippen LogP contribution in [0.5, 0.6) is 0 Å². The first-order valence-corrected chi connectivity index (χ1v) is 5.96. The largest absolute Gasteiger partial charge is 0.385 e. The molecule has 0 saturated heterocycles. The second kappa shape index (κ2) is 7.59. The van der Waals surface area contributed by atoms with Crippen molar-refractivity contribution < 1.29 is 9.47 Å². The van der Waals surface area contributed by atoms with Gasteiger partial charge in [0, 0.05) is 27.4 Å². The molecule has 0 aliphatic rings. The number of ether oxygens (including phenoxy) is 2. The Labute approximate surface area is 110 Å². The van der Waals surface area contributed by atoms with Gasteiger partial charge in [-0.15, -0.1) is 0 Å². The van der Waals surface area contributed by atoms with E-state index in [4.69, 9.17) is 15.2 Å². The summed E-state index contributed by atoms with van der Waals surface area (Å²) >= 11 is 0. The Morgan fingerprint density at radius 1 is 1.26 bits per heavy atom. The summed E-state index contributed by atoms with van der Waals surface area (Å²) in [5, 5.41) is 2.91. The van der Waals surface area contributed by atoms with Gasteiger partial charge in [0.05, 0.1) is 13.2 Å². The molecule has 8 heteroatoms. The zero-order valence-electron chi connectivity index (χ0n) is 11.2. The maximum atomic E-state index is 11.7. The fourth-order valence-electron chi connectivity index (χ4n) is 1.59. The number of rotatable bonds is 8. The number of aromatic nitrogens is 2. The summed E-state index contributed by atoms with van der Waals surface area (Å²) in [7, 11) is 3.13. The van der Waals surface area contributed by atoms with Crippen LogP contribution in [-0.2, 0) is 16.0 Å². The quantitative estimate of drug-likeness (QED) is 0.535. The maximum Gasteiger partial charge on any atom is 0.330 e. The van der Waals surface area contributed by atoms with Crippen LogP contribution >= 0.6 is 0 Å². The lowest BCUT2D eigenvalue weighted by Gasteiger charge is -2.13. The Hall–Kier alpha value is -1.80. The van der Waals surface area contributed by atoms with Crippen LogP contribution < -0.4 is 22.3 Å². The predicted molar refractivity (Wildman–Crippen MR) is 72.6 cm³/mol. The minimum atomic E-state index is -0.540. The van der Waals surface area contributed by atoms with Gasteiger partial charge in [-0.05, 0) is 6.42 Å². The van der Waals surface area contributed by atoms with E-state index in [1.165, 1.54) is 11.7 Å². The number of hydrogen-bond donors (Lipinski definition) is 3. The summed E-state index contributed by atoms with van der Waals surface area (Å²) in [6.45, 7) is 1.72. The summed E-state index contributed by atoms with van der Waals surface area (Å²) in [4.78, 5) is 25.5. The topological polar surface area (TPSA) is 111 Å².